The Labute approximate surface area is 192 Å². The summed E-state index contributed by atoms with van der Waals surface area (Å²) in [6.07, 6.45) is -1.26. The zero-order valence-corrected chi connectivity index (χ0v) is 18.3. The number of benzene rings is 2. The maximum Gasteiger partial charge on any atom is 0.355 e. The van der Waals surface area contributed by atoms with E-state index in [0.29, 0.717) is 16.5 Å². The second-order valence-electron chi connectivity index (χ2n) is 7.40. The second kappa shape index (κ2) is 9.54. The lowest BCUT2D eigenvalue weighted by Crippen LogP contribution is -2.15. The number of alkyl halides is 2. The molecule has 0 saturated carbocycles. The number of esters is 1. The number of ether oxygens (including phenoxy) is 2. The molecule has 34 heavy (non-hydrogen) atoms. The Kier molecular flexibility index (Phi) is 6.54. The topological polar surface area (TPSA) is 53.4 Å². The molecule has 176 valence electrons. The standard InChI is InChI=1S/C25H20F4N2O3/c1-3-34-25(32)22-21(17-5-4-10-30-24(17)33-2)18-11-14(23(28)29)7-9-20(18)31(22)13-15-6-8-16(26)12-19(15)27/h4-12,23H,3,13H2,1-2H3. The summed E-state index contributed by atoms with van der Waals surface area (Å²) >= 11 is 0. The lowest BCUT2D eigenvalue weighted by molar-refractivity contribution is 0.0516. The maximum atomic E-state index is 14.5. The number of rotatable bonds is 7. The highest BCUT2D eigenvalue weighted by Gasteiger charge is 2.28. The third kappa shape index (κ3) is 4.21. The molecule has 0 radical (unpaired) electrons. The number of nitrogens with zero attached hydrogens (tertiary/aromatic N) is 2. The highest BCUT2D eigenvalue weighted by atomic mass is 19.3. The molecular formula is C25H20F4N2O3. The lowest BCUT2D eigenvalue weighted by atomic mass is 10.0. The van der Waals surface area contributed by atoms with Crippen LogP contribution in [0.1, 0.15) is 35.0 Å². The predicted octanol–water partition coefficient (Wildman–Crippen LogP) is 6.15. The number of pyridine rings is 1. The largest absolute Gasteiger partial charge is 0.481 e. The number of aromatic nitrogens is 2. The van der Waals surface area contributed by atoms with Crippen molar-refractivity contribution in [3.8, 4) is 17.0 Å². The Morgan fingerprint density at radius 1 is 1.12 bits per heavy atom. The van der Waals surface area contributed by atoms with Gasteiger partial charge in [-0.2, -0.15) is 0 Å². The van der Waals surface area contributed by atoms with Crippen LogP contribution in [0.5, 0.6) is 5.88 Å². The molecule has 0 spiro atoms. The van der Waals surface area contributed by atoms with Crippen LogP contribution in [-0.4, -0.2) is 29.2 Å². The van der Waals surface area contributed by atoms with Crippen LogP contribution in [0.3, 0.4) is 0 Å². The van der Waals surface area contributed by atoms with Gasteiger partial charge in [-0.1, -0.05) is 12.1 Å². The predicted molar refractivity (Wildman–Crippen MR) is 118 cm³/mol. The van der Waals surface area contributed by atoms with E-state index in [2.05, 4.69) is 4.98 Å². The van der Waals surface area contributed by atoms with Crippen molar-refractivity contribution in [2.24, 2.45) is 0 Å². The minimum absolute atomic E-state index is 0.0123. The first kappa shape index (κ1) is 23.3. The molecule has 9 heteroatoms. The minimum Gasteiger partial charge on any atom is -0.481 e. The van der Waals surface area contributed by atoms with Crippen molar-refractivity contribution in [1.82, 2.24) is 9.55 Å². The summed E-state index contributed by atoms with van der Waals surface area (Å²) in [7, 11) is 1.40. The zero-order chi connectivity index (χ0) is 24.4. The number of carbonyl (C=O) groups excluding carboxylic acids is 1. The van der Waals surface area contributed by atoms with E-state index in [-0.39, 0.29) is 41.4 Å². The first-order valence-electron chi connectivity index (χ1n) is 10.4. The molecule has 2 heterocycles. The summed E-state index contributed by atoms with van der Waals surface area (Å²) in [6, 6.07) is 10.3. The van der Waals surface area contributed by atoms with Gasteiger partial charge in [-0.3, -0.25) is 0 Å². The molecule has 0 saturated heterocycles. The summed E-state index contributed by atoms with van der Waals surface area (Å²) in [5, 5.41) is 0.315. The summed E-state index contributed by atoms with van der Waals surface area (Å²) < 4.78 is 67.3. The fourth-order valence-corrected chi connectivity index (χ4v) is 3.92. The number of carbonyl (C=O) groups is 1. The van der Waals surface area contributed by atoms with E-state index in [1.165, 1.54) is 42.1 Å². The van der Waals surface area contributed by atoms with Crippen LogP contribution in [0.25, 0.3) is 22.0 Å². The van der Waals surface area contributed by atoms with Crippen molar-refractivity contribution in [2.75, 3.05) is 13.7 Å². The maximum absolute atomic E-state index is 14.5. The normalized spacial score (nSPS) is 11.3. The molecular weight excluding hydrogens is 452 g/mol. The first-order chi connectivity index (χ1) is 16.3. The Hall–Kier alpha value is -3.88. The van der Waals surface area contributed by atoms with Crippen LogP contribution in [0.2, 0.25) is 0 Å². The zero-order valence-electron chi connectivity index (χ0n) is 18.3. The van der Waals surface area contributed by atoms with Crippen LogP contribution >= 0.6 is 0 Å². The van der Waals surface area contributed by atoms with E-state index >= 15 is 0 Å². The van der Waals surface area contributed by atoms with Crippen molar-refractivity contribution < 1.29 is 31.8 Å². The lowest BCUT2D eigenvalue weighted by Gasteiger charge is -2.13. The first-order valence-corrected chi connectivity index (χ1v) is 10.4. The van der Waals surface area contributed by atoms with Crippen molar-refractivity contribution in [2.45, 2.75) is 19.9 Å². The van der Waals surface area contributed by atoms with Gasteiger partial charge in [-0.05, 0) is 37.3 Å². The quantitative estimate of drug-likeness (QED) is 0.239. The van der Waals surface area contributed by atoms with Crippen molar-refractivity contribution in [3.05, 3.63) is 83.2 Å². The number of hydrogen-bond donors (Lipinski definition) is 0. The van der Waals surface area contributed by atoms with Gasteiger partial charge in [0.2, 0.25) is 5.88 Å². The van der Waals surface area contributed by atoms with Crippen molar-refractivity contribution in [1.29, 1.82) is 0 Å². The molecule has 0 aliphatic carbocycles. The van der Waals surface area contributed by atoms with Crippen LogP contribution in [0, 0.1) is 11.6 Å². The number of hydrogen-bond acceptors (Lipinski definition) is 4. The molecule has 0 aliphatic rings. The van der Waals surface area contributed by atoms with E-state index in [9.17, 15) is 22.4 Å². The number of methoxy groups -OCH3 is 1. The SMILES string of the molecule is CCOC(=O)c1c(-c2cccnc2OC)c2cc(C(F)F)ccc2n1Cc1ccc(F)cc1F. The molecule has 0 unspecified atom stereocenters. The van der Waals surface area contributed by atoms with E-state index in [1.807, 2.05) is 0 Å². The van der Waals surface area contributed by atoms with Gasteiger partial charge in [-0.15, -0.1) is 0 Å². The average molecular weight is 472 g/mol. The Morgan fingerprint density at radius 3 is 2.59 bits per heavy atom. The molecule has 2 aromatic heterocycles. The molecule has 0 fully saturated rings. The number of halogens is 4. The van der Waals surface area contributed by atoms with Crippen molar-refractivity contribution >= 4 is 16.9 Å². The van der Waals surface area contributed by atoms with Gasteiger partial charge in [-0.25, -0.2) is 27.3 Å². The summed E-state index contributed by atoms with van der Waals surface area (Å²) in [6.45, 7) is 1.51. The van der Waals surface area contributed by atoms with Crippen molar-refractivity contribution in [3.63, 3.8) is 0 Å². The smallest absolute Gasteiger partial charge is 0.355 e. The third-order valence-corrected chi connectivity index (χ3v) is 5.39. The molecule has 0 amide bonds. The van der Waals surface area contributed by atoms with Gasteiger partial charge >= 0.3 is 5.97 Å². The Bertz CT molecular complexity index is 1370. The third-order valence-electron chi connectivity index (χ3n) is 5.39. The molecule has 2 aromatic carbocycles. The van der Waals surface area contributed by atoms with Gasteiger partial charge in [0.05, 0.1) is 20.3 Å². The molecule has 0 aliphatic heterocycles. The van der Waals surface area contributed by atoms with Crippen LogP contribution in [-0.2, 0) is 11.3 Å². The highest BCUT2D eigenvalue weighted by molar-refractivity contribution is 6.09. The van der Waals surface area contributed by atoms with Crippen LogP contribution < -0.4 is 4.74 Å². The van der Waals surface area contributed by atoms with Gasteiger partial charge in [0.15, 0.2) is 0 Å². The molecule has 5 nitrogen and oxygen atoms in total. The average Bonchev–Trinajstić information content (AvgIpc) is 3.14. The molecule has 0 atom stereocenters. The van der Waals surface area contributed by atoms with Gasteiger partial charge < -0.3 is 14.0 Å². The Morgan fingerprint density at radius 2 is 1.91 bits per heavy atom. The monoisotopic (exact) mass is 472 g/mol. The highest BCUT2D eigenvalue weighted by Crippen LogP contribution is 2.41. The van der Waals surface area contributed by atoms with Crippen LogP contribution in [0.4, 0.5) is 17.6 Å². The van der Waals surface area contributed by atoms with Gasteiger partial charge in [0, 0.05) is 45.4 Å². The minimum atomic E-state index is -2.75. The molecule has 4 rings (SSSR count). The van der Waals surface area contributed by atoms with E-state index < -0.39 is 24.0 Å². The molecule has 0 bridgehead atoms. The van der Waals surface area contributed by atoms with E-state index in [1.54, 1.807) is 19.1 Å². The van der Waals surface area contributed by atoms with Gasteiger partial charge in [0.1, 0.15) is 17.3 Å². The summed E-state index contributed by atoms with van der Waals surface area (Å²) in [4.78, 5) is 17.3. The fourth-order valence-electron chi connectivity index (χ4n) is 3.92. The molecule has 0 N–H and O–H groups in total. The summed E-state index contributed by atoms with van der Waals surface area (Å²) in [5.41, 5.74) is 0.894. The summed E-state index contributed by atoms with van der Waals surface area (Å²) in [5.74, 6) is -2.11. The van der Waals surface area contributed by atoms with Gasteiger partial charge in [0.25, 0.3) is 6.43 Å². The molecule has 4 aromatic rings. The number of fused-ring (bicyclic) bond motifs is 1. The van der Waals surface area contributed by atoms with E-state index in [0.717, 1.165) is 12.1 Å². The second-order valence-corrected chi connectivity index (χ2v) is 7.40. The van der Waals surface area contributed by atoms with E-state index in [4.69, 9.17) is 9.47 Å². The Balaban J connectivity index is 2.09. The van der Waals surface area contributed by atoms with Crippen LogP contribution in [0.15, 0.2) is 54.7 Å². The fraction of sp³-hybridized carbons (Fsp3) is 0.200.